The van der Waals surface area contributed by atoms with Crippen molar-refractivity contribution in [3.05, 3.63) is 11.6 Å². The fourth-order valence-electron chi connectivity index (χ4n) is 7.44. The van der Waals surface area contributed by atoms with Gasteiger partial charge in [0.2, 0.25) is 0 Å². The van der Waals surface area contributed by atoms with Gasteiger partial charge >= 0.3 is 0 Å². The van der Waals surface area contributed by atoms with E-state index in [2.05, 4.69) is 30.4 Å². The summed E-state index contributed by atoms with van der Waals surface area (Å²) in [7, 11) is 0. The summed E-state index contributed by atoms with van der Waals surface area (Å²) in [6, 6.07) is 0. The summed E-state index contributed by atoms with van der Waals surface area (Å²) >= 11 is 0. The third kappa shape index (κ3) is 3.32. The molecule has 3 saturated carbocycles. The molecule has 31 heavy (non-hydrogen) atoms. The summed E-state index contributed by atoms with van der Waals surface area (Å²) in [5.74, 6) is 0.818. The summed E-state index contributed by atoms with van der Waals surface area (Å²) in [6.07, 6.45) is 7.14. The quantitative estimate of drug-likeness (QED) is 0.682. The second-order valence-electron chi connectivity index (χ2n) is 10.8. The number of hydrogen-bond donors (Lipinski definition) is 1. The zero-order chi connectivity index (χ0) is 21.8. The number of carbonyl (C=O) groups excluding carboxylic acids is 1. The zero-order valence-corrected chi connectivity index (χ0v) is 19.1. The van der Waals surface area contributed by atoms with Gasteiger partial charge in [-0.2, -0.15) is 0 Å². The molecule has 6 heteroatoms. The number of halogens is 1. The molecule has 4 aliphatic carbocycles. The van der Waals surface area contributed by atoms with Gasteiger partial charge < -0.3 is 10.2 Å². The van der Waals surface area contributed by atoms with Crippen LogP contribution in [0.15, 0.2) is 21.8 Å². The van der Waals surface area contributed by atoms with Gasteiger partial charge in [0.1, 0.15) is 6.10 Å². The Balaban J connectivity index is 1.47. The van der Waals surface area contributed by atoms with Crippen molar-refractivity contribution in [3.8, 4) is 0 Å². The maximum Gasteiger partial charge on any atom is 0.173 e. The van der Waals surface area contributed by atoms with E-state index in [1.807, 2.05) is 6.92 Å². The van der Waals surface area contributed by atoms with Gasteiger partial charge in [-0.05, 0) is 86.8 Å². The highest BCUT2D eigenvalue weighted by atomic mass is 19.1. The number of Topliss-reactive ketones (excluding diaryl/α,β-unsaturated/α-hetero) is 1. The maximum absolute atomic E-state index is 14.5. The maximum atomic E-state index is 14.5. The van der Waals surface area contributed by atoms with E-state index in [0.717, 1.165) is 69.6 Å². The Kier molecular flexibility index (Phi) is 5.35. The molecule has 0 aromatic rings. The summed E-state index contributed by atoms with van der Waals surface area (Å²) in [4.78, 5) is 23.4. The first-order valence-corrected chi connectivity index (χ1v) is 12.2. The number of ketones is 1. The number of nitrogens with zero attached hydrogens (tertiary/aromatic N) is 2. The van der Waals surface area contributed by atoms with Gasteiger partial charge in [0.15, 0.2) is 12.0 Å². The highest BCUT2D eigenvalue weighted by molar-refractivity contribution is 6.10. The number of hydrogen-bond acceptors (Lipinski definition) is 5. The van der Waals surface area contributed by atoms with Crippen LogP contribution < -0.4 is 5.32 Å². The standard InChI is InChI=1S/C25H36FN3O2/c1-4-28-22-12-17-18(6-9-25(3)19(17)13-21(26)23(25)30)24(2)8-5-15(11-20(22)24)29-31-16-7-10-27-14-16/h11,16-19,21,27H,4-10,12-14H2,1-3H3/b28-22-,29-15+. The van der Waals surface area contributed by atoms with Crippen LogP contribution in [0.4, 0.5) is 4.39 Å². The molecule has 7 unspecified atom stereocenters. The van der Waals surface area contributed by atoms with Crippen LogP contribution in [0.2, 0.25) is 0 Å². The predicted octanol–water partition coefficient (Wildman–Crippen LogP) is 4.27. The molecule has 0 spiro atoms. The van der Waals surface area contributed by atoms with Crippen molar-refractivity contribution in [2.75, 3.05) is 19.6 Å². The van der Waals surface area contributed by atoms with Crippen LogP contribution in [-0.4, -0.2) is 49.1 Å². The smallest absolute Gasteiger partial charge is 0.173 e. The molecule has 5 aliphatic rings. The van der Waals surface area contributed by atoms with E-state index < -0.39 is 11.6 Å². The molecule has 1 aliphatic heterocycles. The number of aliphatic imine (C=N–C) groups is 1. The Morgan fingerprint density at radius 2 is 2.06 bits per heavy atom. The molecule has 7 atom stereocenters. The topological polar surface area (TPSA) is 63.0 Å². The Morgan fingerprint density at radius 3 is 2.81 bits per heavy atom. The normalized spacial score (nSPS) is 47.2. The number of nitrogens with one attached hydrogen (secondary N) is 1. The molecule has 1 saturated heterocycles. The van der Waals surface area contributed by atoms with Gasteiger partial charge in [-0.15, -0.1) is 0 Å². The van der Waals surface area contributed by atoms with Crippen LogP contribution in [-0.2, 0) is 9.63 Å². The van der Waals surface area contributed by atoms with Crippen LogP contribution in [0.1, 0.15) is 65.7 Å². The molecule has 0 amide bonds. The molecule has 5 rings (SSSR count). The number of allylic oxidation sites excluding steroid dienone is 2. The van der Waals surface area contributed by atoms with Crippen LogP contribution in [0.5, 0.6) is 0 Å². The van der Waals surface area contributed by atoms with Crippen molar-refractivity contribution in [3.63, 3.8) is 0 Å². The minimum atomic E-state index is -1.28. The van der Waals surface area contributed by atoms with Crippen molar-refractivity contribution in [1.29, 1.82) is 0 Å². The van der Waals surface area contributed by atoms with Crippen molar-refractivity contribution < 1.29 is 14.0 Å². The minimum Gasteiger partial charge on any atom is -0.391 e. The largest absolute Gasteiger partial charge is 0.391 e. The number of fused-ring (bicyclic) bond motifs is 5. The summed E-state index contributed by atoms with van der Waals surface area (Å²) in [5, 5.41) is 7.84. The lowest BCUT2D eigenvalue weighted by molar-refractivity contribution is -0.134. The first-order valence-electron chi connectivity index (χ1n) is 12.2. The number of carbonyl (C=O) groups is 1. The Morgan fingerprint density at radius 1 is 1.23 bits per heavy atom. The average Bonchev–Trinajstić information content (AvgIpc) is 3.35. The molecule has 1 heterocycles. The molecule has 0 aromatic carbocycles. The van der Waals surface area contributed by atoms with E-state index in [4.69, 9.17) is 9.83 Å². The Bertz CT molecular complexity index is 846. The Labute approximate surface area is 185 Å². The first-order chi connectivity index (χ1) is 14.9. The third-order valence-electron chi connectivity index (χ3n) is 9.20. The second kappa shape index (κ2) is 7.79. The van der Waals surface area contributed by atoms with Gasteiger partial charge in [-0.25, -0.2) is 4.39 Å². The lowest BCUT2D eigenvalue weighted by atomic mass is 9.47. The van der Waals surface area contributed by atoms with E-state index in [9.17, 15) is 9.18 Å². The van der Waals surface area contributed by atoms with E-state index in [1.165, 1.54) is 5.57 Å². The van der Waals surface area contributed by atoms with Gasteiger partial charge in [-0.1, -0.05) is 19.0 Å². The monoisotopic (exact) mass is 429 g/mol. The molecule has 0 bridgehead atoms. The van der Waals surface area contributed by atoms with Crippen molar-refractivity contribution in [1.82, 2.24) is 5.32 Å². The zero-order valence-electron chi connectivity index (χ0n) is 19.1. The lowest BCUT2D eigenvalue weighted by Crippen LogP contribution is -2.53. The van der Waals surface area contributed by atoms with Crippen LogP contribution in [0, 0.1) is 28.6 Å². The van der Waals surface area contributed by atoms with Gasteiger partial charge in [0.05, 0.1) is 5.71 Å². The predicted molar refractivity (Wildman–Crippen MR) is 120 cm³/mol. The second-order valence-corrected chi connectivity index (χ2v) is 10.8. The van der Waals surface area contributed by atoms with E-state index in [-0.39, 0.29) is 23.2 Å². The van der Waals surface area contributed by atoms with Crippen molar-refractivity contribution in [2.24, 2.45) is 38.7 Å². The van der Waals surface area contributed by atoms with Crippen LogP contribution in [0.3, 0.4) is 0 Å². The van der Waals surface area contributed by atoms with Crippen LogP contribution >= 0.6 is 0 Å². The lowest BCUT2D eigenvalue weighted by Gasteiger charge is -2.57. The van der Waals surface area contributed by atoms with Gasteiger partial charge in [-0.3, -0.25) is 9.79 Å². The molecule has 5 nitrogen and oxygen atoms in total. The van der Waals surface area contributed by atoms with E-state index in [1.54, 1.807) is 0 Å². The minimum absolute atomic E-state index is 0.0175. The number of alkyl halides is 1. The Hall–Kier alpha value is -1.56. The molecular formula is C25H36FN3O2. The van der Waals surface area contributed by atoms with Crippen molar-refractivity contribution in [2.45, 2.75) is 78.0 Å². The molecule has 0 radical (unpaired) electrons. The van der Waals surface area contributed by atoms with E-state index in [0.29, 0.717) is 18.3 Å². The van der Waals surface area contributed by atoms with Gasteiger partial charge in [0, 0.05) is 30.6 Å². The SMILES string of the molecule is CC/N=C1/CC2C3CC(F)C(=O)C3(C)CCC2C2(C)CC/C(=N\OC3CCNC3)C=C12. The highest BCUT2D eigenvalue weighted by Gasteiger charge is 2.62. The van der Waals surface area contributed by atoms with E-state index >= 15 is 0 Å². The number of oxime groups is 1. The fraction of sp³-hybridized carbons (Fsp3) is 0.800. The summed E-state index contributed by atoms with van der Waals surface area (Å²) < 4.78 is 14.5. The van der Waals surface area contributed by atoms with Crippen LogP contribution in [0.25, 0.3) is 0 Å². The molecule has 1 N–H and O–H groups in total. The first kappa shape index (κ1) is 21.3. The summed E-state index contributed by atoms with van der Waals surface area (Å²) in [6.45, 7) is 9.09. The molecular weight excluding hydrogens is 393 g/mol. The third-order valence-corrected chi connectivity index (χ3v) is 9.20. The van der Waals surface area contributed by atoms with Crippen molar-refractivity contribution >= 4 is 17.2 Å². The molecule has 4 fully saturated rings. The highest BCUT2D eigenvalue weighted by Crippen LogP contribution is 2.64. The summed E-state index contributed by atoms with van der Waals surface area (Å²) in [5.41, 5.74) is 3.02. The number of rotatable bonds is 3. The fourth-order valence-corrected chi connectivity index (χ4v) is 7.44. The molecule has 170 valence electrons. The average molecular weight is 430 g/mol. The van der Waals surface area contributed by atoms with Gasteiger partial charge in [0.25, 0.3) is 0 Å². The molecule has 0 aromatic heterocycles.